The fraction of sp³-hybridized carbons (Fsp3) is 0.333. The molecule has 0 saturated heterocycles. The number of alkyl halides is 3. The van der Waals surface area contributed by atoms with Crippen LogP contribution in [0.2, 0.25) is 0 Å². The summed E-state index contributed by atoms with van der Waals surface area (Å²) >= 11 is 0. The monoisotopic (exact) mass is 459 g/mol. The van der Waals surface area contributed by atoms with E-state index in [-0.39, 0.29) is 11.8 Å². The van der Waals surface area contributed by atoms with Gasteiger partial charge in [0.15, 0.2) is 0 Å². The quantitative estimate of drug-likeness (QED) is 0.609. The van der Waals surface area contributed by atoms with Crippen molar-refractivity contribution in [3.63, 3.8) is 0 Å². The number of ether oxygens (including phenoxy) is 1. The second kappa shape index (κ2) is 8.13. The normalized spacial score (nSPS) is 18.2. The molecule has 0 fully saturated rings. The molecule has 0 aromatic heterocycles. The van der Waals surface area contributed by atoms with Gasteiger partial charge < -0.3 is 15.4 Å². The zero-order valence-corrected chi connectivity index (χ0v) is 18.5. The Labute approximate surface area is 189 Å². The van der Waals surface area contributed by atoms with Crippen molar-refractivity contribution in [1.29, 1.82) is 0 Å². The summed E-state index contributed by atoms with van der Waals surface area (Å²) in [7, 11) is 0. The summed E-state index contributed by atoms with van der Waals surface area (Å²) in [6.45, 7) is 6.27. The minimum absolute atomic E-state index is 0.0958. The lowest BCUT2D eigenvalue weighted by molar-refractivity contribution is -0.137. The number of halogens is 3. The Hall–Kier alpha value is -3.49. The van der Waals surface area contributed by atoms with Crippen LogP contribution in [-0.2, 0) is 17.5 Å². The van der Waals surface area contributed by atoms with E-state index in [4.69, 9.17) is 4.74 Å². The molecule has 2 N–H and O–H groups in total. The molecule has 2 aliphatic rings. The van der Waals surface area contributed by atoms with E-state index in [0.717, 1.165) is 23.4 Å². The maximum atomic E-state index is 13.1. The van der Waals surface area contributed by atoms with Crippen LogP contribution < -0.4 is 20.3 Å². The van der Waals surface area contributed by atoms with Crippen LogP contribution in [0.1, 0.15) is 43.9 Å². The van der Waals surface area contributed by atoms with E-state index >= 15 is 0 Å². The average Bonchev–Trinajstić information content (AvgIpc) is 2.71. The molecule has 2 aromatic carbocycles. The minimum Gasteiger partial charge on any atom is -0.487 e. The molecule has 174 valence electrons. The van der Waals surface area contributed by atoms with E-state index in [1.54, 1.807) is 30.9 Å². The summed E-state index contributed by atoms with van der Waals surface area (Å²) < 4.78 is 45.2. The topological polar surface area (TPSA) is 70.7 Å². The third-order valence-corrected chi connectivity index (χ3v) is 5.60. The third kappa shape index (κ3) is 4.67. The van der Waals surface area contributed by atoms with Gasteiger partial charge in [0.1, 0.15) is 11.4 Å². The highest BCUT2D eigenvalue weighted by atomic mass is 19.4. The SMILES string of the molecule is CCN1C(=O)NCc2ccc(NC(=O)/C=C3\CC(C)(C)Oc4cc(C(F)(F)F)ccc43)cc21. The molecule has 2 aliphatic heterocycles. The number of hydrogen-bond acceptors (Lipinski definition) is 3. The van der Waals surface area contributed by atoms with Crippen molar-refractivity contribution in [1.82, 2.24) is 5.32 Å². The van der Waals surface area contributed by atoms with Gasteiger partial charge >= 0.3 is 12.2 Å². The van der Waals surface area contributed by atoms with Gasteiger partial charge in [0.05, 0.1) is 11.3 Å². The predicted octanol–water partition coefficient (Wildman–Crippen LogP) is 5.34. The summed E-state index contributed by atoms with van der Waals surface area (Å²) in [5.41, 5.74) is 1.64. The molecule has 3 amide bonds. The van der Waals surface area contributed by atoms with E-state index in [0.29, 0.717) is 36.3 Å². The first-order valence-corrected chi connectivity index (χ1v) is 10.6. The van der Waals surface area contributed by atoms with Crippen molar-refractivity contribution in [3.8, 4) is 5.75 Å². The number of nitrogens with one attached hydrogen (secondary N) is 2. The molecule has 0 atom stereocenters. The molecule has 0 saturated carbocycles. The Balaban J connectivity index is 1.62. The maximum Gasteiger partial charge on any atom is 0.416 e. The number of anilines is 2. The summed E-state index contributed by atoms with van der Waals surface area (Å²) in [5, 5.41) is 5.59. The van der Waals surface area contributed by atoms with E-state index in [2.05, 4.69) is 10.6 Å². The minimum atomic E-state index is -4.49. The van der Waals surface area contributed by atoms with Crippen molar-refractivity contribution < 1.29 is 27.5 Å². The second-order valence-electron chi connectivity index (χ2n) is 8.65. The van der Waals surface area contributed by atoms with Crippen LogP contribution in [0, 0.1) is 0 Å². The summed E-state index contributed by atoms with van der Waals surface area (Å²) in [5.74, 6) is -0.324. The third-order valence-electron chi connectivity index (χ3n) is 5.60. The molecule has 0 bridgehead atoms. The largest absolute Gasteiger partial charge is 0.487 e. The van der Waals surface area contributed by atoms with Crippen LogP contribution in [-0.4, -0.2) is 24.1 Å². The lowest BCUT2D eigenvalue weighted by Crippen LogP contribution is -2.44. The van der Waals surface area contributed by atoms with E-state index in [1.165, 1.54) is 12.1 Å². The predicted molar refractivity (Wildman–Crippen MR) is 119 cm³/mol. The molecule has 9 heteroatoms. The number of urea groups is 1. The van der Waals surface area contributed by atoms with Crippen LogP contribution >= 0.6 is 0 Å². The van der Waals surface area contributed by atoms with E-state index in [9.17, 15) is 22.8 Å². The zero-order valence-electron chi connectivity index (χ0n) is 18.5. The van der Waals surface area contributed by atoms with Crippen LogP contribution in [0.4, 0.5) is 29.3 Å². The Morgan fingerprint density at radius 1 is 1.24 bits per heavy atom. The van der Waals surface area contributed by atoms with Gasteiger partial charge in [-0.05, 0) is 56.2 Å². The molecule has 6 nitrogen and oxygen atoms in total. The average molecular weight is 459 g/mol. The number of rotatable bonds is 3. The molecule has 0 unspecified atom stereocenters. The number of amides is 3. The highest BCUT2D eigenvalue weighted by molar-refractivity contribution is 6.05. The number of benzene rings is 2. The van der Waals surface area contributed by atoms with Crippen LogP contribution in [0.3, 0.4) is 0 Å². The van der Waals surface area contributed by atoms with Crippen molar-refractivity contribution in [2.45, 2.75) is 45.5 Å². The Bertz CT molecular complexity index is 1160. The molecule has 2 heterocycles. The van der Waals surface area contributed by atoms with Gasteiger partial charge in [0.2, 0.25) is 5.91 Å². The fourth-order valence-corrected chi connectivity index (χ4v) is 4.13. The maximum absolute atomic E-state index is 13.1. The summed E-state index contributed by atoms with van der Waals surface area (Å²) in [6.07, 6.45) is -2.75. The summed E-state index contributed by atoms with van der Waals surface area (Å²) in [6, 6.07) is 8.42. The van der Waals surface area contributed by atoms with Gasteiger partial charge in [-0.25, -0.2) is 4.79 Å². The first-order chi connectivity index (χ1) is 15.5. The summed E-state index contributed by atoms with van der Waals surface area (Å²) in [4.78, 5) is 26.5. The second-order valence-corrected chi connectivity index (χ2v) is 8.65. The fourth-order valence-electron chi connectivity index (χ4n) is 4.13. The molecule has 0 spiro atoms. The molecule has 0 radical (unpaired) electrons. The van der Waals surface area contributed by atoms with Gasteiger partial charge in [-0.1, -0.05) is 12.1 Å². The highest BCUT2D eigenvalue weighted by Crippen LogP contribution is 2.43. The number of carbonyl (C=O) groups is 2. The first kappa shape index (κ1) is 22.7. The van der Waals surface area contributed by atoms with Crippen LogP contribution in [0.15, 0.2) is 42.5 Å². The zero-order chi connectivity index (χ0) is 24.0. The first-order valence-electron chi connectivity index (χ1n) is 10.6. The standard InChI is InChI=1S/C24H24F3N3O3/c1-4-30-19-11-17(7-5-14(19)13-28-22(30)32)29-21(31)9-15-12-23(2,3)33-20-10-16(24(25,26)27)6-8-18(15)20/h5-11H,4,12-13H2,1-3H3,(H,28,32)(H,29,31)/b15-9+. The number of hydrogen-bond donors (Lipinski definition) is 2. The van der Waals surface area contributed by atoms with E-state index < -0.39 is 23.2 Å². The Kier molecular flexibility index (Phi) is 5.59. The van der Waals surface area contributed by atoms with E-state index in [1.807, 2.05) is 13.0 Å². The van der Waals surface area contributed by atoms with Gasteiger partial charge in [0.25, 0.3) is 0 Å². The van der Waals surface area contributed by atoms with Gasteiger partial charge in [0, 0.05) is 36.8 Å². The Morgan fingerprint density at radius 2 is 2.00 bits per heavy atom. The molecule has 33 heavy (non-hydrogen) atoms. The van der Waals surface area contributed by atoms with Crippen molar-refractivity contribution in [2.75, 3.05) is 16.8 Å². The molecular weight excluding hydrogens is 435 g/mol. The number of fused-ring (bicyclic) bond motifs is 2. The molecular formula is C24H24F3N3O3. The molecule has 2 aromatic rings. The van der Waals surface area contributed by atoms with Crippen molar-refractivity contribution >= 4 is 28.9 Å². The lowest BCUT2D eigenvalue weighted by atomic mass is 9.88. The Morgan fingerprint density at radius 3 is 2.70 bits per heavy atom. The molecule has 4 rings (SSSR count). The van der Waals surface area contributed by atoms with Crippen LogP contribution in [0.25, 0.3) is 5.57 Å². The van der Waals surface area contributed by atoms with Crippen molar-refractivity contribution in [3.05, 3.63) is 59.2 Å². The number of carbonyl (C=O) groups excluding carboxylic acids is 2. The number of nitrogens with zero attached hydrogens (tertiary/aromatic N) is 1. The van der Waals surface area contributed by atoms with Crippen molar-refractivity contribution in [2.24, 2.45) is 0 Å². The van der Waals surface area contributed by atoms with Gasteiger partial charge in [-0.2, -0.15) is 13.2 Å². The highest BCUT2D eigenvalue weighted by Gasteiger charge is 2.35. The van der Waals surface area contributed by atoms with Gasteiger partial charge in [-0.15, -0.1) is 0 Å². The van der Waals surface area contributed by atoms with Crippen LogP contribution in [0.5, 0.6) is 5.75 Å². The van der Waals surface area contributed by atoms with Gasteiger partial charge in [-0.3, -0.25) is 9.69 Å². The smallest absolute Gasteiger partial charge is 0.416 e. The molecule has 0 aliphatic carbocycles. The lowest BCUT2D eigenvalue weighted by Gasteiger charge is -2.34.